The van der Waals surface area contributed by atoms with Crippen LogP contribution in [0, 0.1) is 17.0 Å². The maximum atomic E-state index is 10.9. The largest absolute Gasteiger partial charge is 0.365 e. The number of pyridine rings is 1. The molecule has 7 nitrogen and oxygen atoms in total. The van der Waals surface area contributed by atoms with Gasteiger partial charge in [-0.15, -0.1) is 4.68 Å². The quantitative estimate of drug-likeness (QED) is 0.402. The molecule has 0 aliphatic rings. The lowest BCUT2D eigenvalue weighted by Crippen LogP contribution is -2.35. The van der Waals surface area contributed by atoms with Crippen molar-refractivity contribution >= 4 is 11.3 Å². The molecule has 0 aliphatic heterocycles. The van der Waals surface area contributed by atoms with Gasteiger partial charge in [0, 0.05) is 6.07 Å². The van der Waals surface area contributed by atoms with Gasteiger partial charge in [0.05, 0.1) is 11.5 Å². The molecule has 2 rings (SSSR count). The molecule has 0 bridgehead atoms. The number of fused-ring (bicyclic) bond motifs is 1. The normalized spacial score (nSPS) is 10.8. The summed E-state index contributed by atoms with van der Waals surface area (Å²) >= 11 is 0. The third-order valence-electron chi connectivity index (χ3n) is 2.12. The van der Waals surface area contributed by atoms with Crippen molar-refractivity contribution in [3.8, 4) is 0 Å². The fourth-order valence-corrected chi connectivity index (χ4v) is 1.49. The molecule has 0 atom stereocenters. The molecule has 0 aromatic carbocycles. The summed E-state index contributed by atoms with van der Waals surface area (Å²) in [5, 5.41) is 18.5. The first-order valence-corrected chi connectivity index (χ1v) is 4.53. The highest BCUT2D eigenvalue weighted by atomic mass is 16.6. The third-order valence-corrected chi connectivity index (χ3v) is 2.12. The molecule has 0 N–H and O–H groups in total. The number of hydrogen-bond donors (Lipinski definition) is 0. The molecule has 0 saturated carbocycles. The van der Waals surface area contributed by atoms with Crippen molar-refractivity contribution in [2.75, 3.05) is 0 Å². The fraction of sp³-hybridized carbons (Fsp3) is 0.375. The second kappa shape index (κ2) is 3.26. The molecule has 15 heavy (non-hydrogen) atoms. The summed E-state index contributed by atoms with van der Waals surface area (Å²) < 4.78 is 2.93. The monoisotopic (exact) mass is 208 g/mol. The van der Waals surface area contributed by atoms with Gasteiger partial charge < -0.3 is 0 Å². The van der Waals surface area contributed by atoms with Gasteiger partial charge in [0.15, 0.2) is 5.21 Å². The summed E-state index contributed by atoms with van der Waals surface area (Å²) in [4.78, 5) is 10.4. The number of aromatic nitrogens is 4. The number of tetrazole rings is 1. The van der Waals surface area contributed by atoms with E-state index < -0.39 is 4.92 Å². The molecular formula is C8H10N5O2+. The molecule has 0 spiro atoms. The van der Waals surface area contributed by atoms with Crippen LogP contribution in [0.5, 0.6) is 0 Å². The van der Waals surface area contributed by atoms with E-state index in [4.69, 9.17) is 0 Å². The topological polar surface area (TPSA) is 77.2 Å². The minimum Gasteiger partial charge on any atom is -0.258 e. The summed E-state index contributed by atoms with van der Waals surface area (Å²) in [6.45, 7) is 4.19. The van der Waals surface area contributed by atoms with E-state index in [2.05, 4.69) is 10.4 Å². The van der Waals surface area contributed by atoms with Crippen molar-refractivity contribution in [1.29, 1.82) is 0 Å². The SMILES string of the molecule is CC[n+]1nnn2cc(C)cc([N+](=O)[O-])c21. The highest BCUT2D eigenvalue weighted by Crippen LogP contribution is 2.16. The number of nitrogens with zero attached hydrogens (tertiary/aromatic N) is 5. The molecule has 0 saturated heterocycles. The summed E-state index contributed by atoms with van der Waals surface area (Å²) in [5.74, 6) is 0. The highest BCUT2D eigenvalue weighted by molar-refractivity contribution is 5.55. The summed E-state index contributed by atoms with van der Waals surface area (Å²) in [5.41, 5.74) is 1.22. The number of aryl methyl sites for hydroxylation is 2. The van der Waals surface area contributed by atoms with E-state index >= 15 is 0 Å². The Balaban J connectivity index is 2.85. The molecule has 0 unspecified atom stereocenters. The van der Waals surface area contributed by atoms with Crippen LogP contribution in [0.25, 0.3) is 5.65 Å². The summed E-state index contributed by atoms with van der Waals surface area (Å²) in [6.07, 6.45) is 1.71. The van der Waals surface area contributed by atoms with Crippen molar-refractivity contribution in [2.24, 2.45) is 0 Å². The zero-order chi connectivity index (χ0) is 11.0. The van der Waals surface area contributed by atoms with Crippen LogP contribution < -0.4 is 4.68 Å². The maximum Gasteiger partial charge on any atom is 0.365 e. The number of nitro groups is 1. The van der Waals surface area contributed by atoms with Crippen LogP contribution in [0.4, 0.5) is 5.69 Å². The van der Waals surface area contributed by atoms with Crippen LogP contribution >= 0.6 is 0 Å². The van der Waals surface area contributed by atoms with E-state index in [1.807, 2.05) is 6.92 Å². The van der Waals surface area contributed by atoms with Crippen molar-refractivity contribution < 1.29 is 9.61 Å². The lowest BCUT2D eigenvalue weighted by atomic mass is 10.3. The first-order valence-electron chi connectivity index (χ1n) is 4.53. The molecule has 2 aromatic heterocycles. The first-order chi connectivity index (χ1) is 7.13. The van der Waals surface area contributed by atoms with E-state index in [0.29, 0.717) is 12.2 Å². The predicted octanol–water partition coefficient (Wildman–Crippen LogP) is 0.253. The molecule has 2 heterocycles. The molecule has 0 aliphatic carbocycles. The zero-order valence-electron chi connectivity index (χ0n) is 8.41. The van der Waals surface area contributed by atoms with E-state index in [1.165, 1.54) is 15.3 Å². The van der Waals surface area contributed by atoms with Gasteiger partial charge in [-0.1, -0.05) is 0 Å². The molecule has 2 aromatic rings. The standard InChI is InChI=1S/C8H10N5O2/c1-3-11-8-7(13(14)15)4-6(2)5-12(8)10-9-11/h4-5H,3H2,1-2H3/q+1. The maximum absolute atomic E-state index is 10.9. The van der Waals surface area contributed by atoms with Crippen molar-refractivity contribution in [1.82, 2.24) is 14.9 Å². The molecule has 78 valence electrons. The Hall–Kier alpha value is -2.05. The van der Waals surface area contributed by atoms with Gasteiger partial charge in [-0.05, 0) is 23.9 Å². The lowest BCUT2D eigenvalue weighted by molar-refractivity contribution is -0.729. The van der Waals surface area contributed by atoms with Crippen LogP contribution in [-0.4, -0.2) is 19.9 Å². The van der Waals surface area contributed by atoms with Crippen LogP contribution in [0.1, 0.15) is 12.5 Å². The van der Waals surface area contributed by atoms with Crippen LogP contribution in [0.3, 0.4) is 0 Å². The van der Waals surface area contributed by atoms with E-state index in [-0.39, 0.29) is 5.69 Å². The van der Waals surface area contributed by atoms with Crippen LogP contribution in [-0.2, 0) is 6.54 Å². The Morgan fingerprint density at radius 3 is 3.00 bits per heavy atom. The summed E-state index contributed by atoms with van der Waals surface area (Å²) in [6, 6.07) is 1.52. The summed E-state index contributed by atoms with van der Waals surface area (Å²) in [7, 11) is 0. The number of hydrogen-bond acceptors (Lipinski definition) is 4. The van der Waals surface area contributed by atoms with Crippen molar-refractivity contribution in [3.05, 3.63) is 27.9 Å². The minimum atomic E-state index is -0.419. The zero-order valence-corrected chi connectivity index (χ0v) is 8.41. The Bertz CT molecular complexity index is 533. The average Bonchev–Trinajstić information content (AvgIpc) is 2.58. The van der Waals surface area contributed by atoms with Gasteiger partial charge >= 0.3 is 11.3 Å². The van der Waals surface area contributed by atoms with Gasteiger partial charge in [-0.2, -0.15) is 0 Å². The Kier molecular flexibility index (Phi) is 2.07. The van der Waals surface area contributed by atoms with E-state index in [9.17, 15) is 10.1 Å². The first kappa shape index (κ1) is 9.50. The minimum absolute atomic E-state index is 0.0295. The Morgan fingerprint density at radius 1 is 1.67 bits per heavy atom. The second-order valence-electron chi connectivity index (χ2n) is 3.22. The van der Waals surface area contributed by atoms with Gasteiger partial charge in [0.1, 0.15) is 11.4 Å². The van der Waals surface area contributed by atoms with Crippen molar-refractivity contribution in [2.45, 2.75) is 20.4 Å². The molecule has 0 amide bonds. The molecule has 0 radical (unpaired) electrons. The second-order valence-corrected chi connectivity index (χ2v) is 3.22. The molecule has 7 heteroatoms. The van der Waals surface area contributed by atoms with Crippen LogP contribution in [0.15, 0.2) is 12.3 Å². The van der Waals surface area contributed by atoms with Gasteiger partial charge in [0.25, 0.3) is 0 Å². The molecular weight excluding hydrogens is 198 g/mol. The smallest absolute Gasteiger partial charge is 0.258 e. The van der Waals surface area contributed by atoms with E-state index in [1.54, 1.807) is 13.1 Å². The Labute approximate surface area is 85.1 Å². The molecule has 0 fully saturated rings. The highest BCUT2D eigenvalue weighted by Gasteiger charge is 2.25. The average molecular weight is 208 g/mol. The van der Waals surface area contributed by atoms with E-state index in [0.717, 1.165) is 5.56 Å². The fourth-order valence-electron chi connectivity index (χ4n) is 1.49. The van der Waals surface area contributed by atoms with Gasteiger partial charge in [0.2, 0.25) is 0 Å². The number of rotatable bonds is 2. The van der Waals surface area contributed by atoms with Crippen LogP contribution in [0.2, 0.25) is 0 Å². The third kappa shape index (κ3) is 1.41. The van der Waals surface area contributed by atoms with Gasteiger partial charge in [-0.3, -0.25) is 10.1 Å². The van der Waals surface area contributed by atoms with Gasteiger partial charge in [-0.25, -0.2) is 0 Å². The predicted molar refractivity (Wildman–Crippen MR) is 50.2 cm³/mol. The Morgan fingerprint density at radius 2 is 2.40 bits per heavy atom. The lowest BCUT2D eigenvalue weighted by Gasteiger charge is -1.93. The van der Waals surface area contributed by atoms with Crippen molar-refractivity contribution in [3.63, 3.8) is 0 Å².